The number of nitrogens with zero attached hydrogens (tertiary/aromatic N) is 5. The number of esters is 2. The summed E-state index contributed by atoms with van der Waals surface area (Å²) in [5, 5.41) is 19.9. The van der Waals surface area contributed by atoms with Gasteiger partial charge in [-0.2, -0.15) is 0 Å². The Bertz CT molecular complexity index is 4010. The van der Waals surface area contributed by atoms with E-state index < -0.39 is 17.8 Å². The van der Waals surface area contributed by atoms with E-state index in [0.29, 0.717) is 92.2 Å². The van der Waals surface area contributed by atoms with Crippen LogP contribution in [-0.2, 0) is 30.4 Å². The van der Waals surface area contributed by atoms with E-state index >= 15 is 0 Å². The van der Waals surface area contributed by atoms with Crippen LogP contribution in [0.4, 0.5) is 23.3 Å². The Morgan fingerprint density at radius 3 is 1.06 bits per heavy atom. The maximum absolute atomic E-state index is 14.6. The molecule has 20 nitrogen and oxygen atoms in total. The molecule has 692 valence electrons. The molecule has 0 aliphatic carbocycles. The number of aryl methyl sites for hydroxylation is 1. The summed E-state index contributed by atoms with van der Waals surface area (Å²) < 4.78 is 32.0. The highest BCUT2D eigenvalue weighted by Gasteiger charge is 2.19. The summed E-state index contributed by atoms with van der Waals surface area (Å²) in [6.45, 7) is 13.5. The van der Waals surface area contributed by atoms with Crippen LogP contribution in [0, 0.1) is 23.7 Å². The third-order valence-electron chi connectivity index (χ3n) is 22.7. The quantitative estimate of drug-likeness (QED) is 0.0157. The number of ether oxygens (including phenoxy) is 5. The molecule has 0 aliphatic heterocycles. The Kier molecular flexibility index (Phi) is 58.1. The second kappa shape index (κ2) is 69.5. The molecule has 126 heavy (non-hydrogen) atoms. The second-order valence-corrected chi connectivity index (χ2v) is 34.2. The first-order chi connectivity index (χ1) is 61.8. The SMILES string of the molecule is CCCCCCCCCCCCOc1cc(C#Cc2cc(C(=O)Nc3cccc(NC(=O)CCCCCCCCCCC)n3)cc(C(=O)Nc3cccc(NC(=O)CCCCCCCCCCC)n3)c2)c(OCCCCCCCCCCCC)cc1C#Cc1ccc(OCCCCCCCn2cc(C(=O)OCCCCCCCCCCCCOC(C)=O)nn2)cc1. The third kappa shape index (κ3) is 50.1. The highest BCUT2D eigenvalue weighted by atomic mass is 16.5. The molecule has 0 unspecified atom stereocenters. The monoisotopic (exact) mass is 1730 g/mol. The maximum atomic E-state index is 14.6. The van der Waals surface area contributed by atoms with Gasteiger partial charge < -0.3 is 45.0 Å². The number of amides is 4. The Morgan fingerprint density at radius 1 is 0.333 bits per heavy atom. The van der Waals surface area contributed by atoms with E-state index in [0.717, 1.165) is 153 Å². The van der Waals surface area contributed by atoms with E-state index in [4.69, 9.17) is 23.7 Å². The number of benzene rings is 3. The van der Waals surface area contributed by atoms with Crippen molar-refractivity contribution in [3.8, 4) is 40.9 Å². The molecule has 4 N–H and O–H groups in total. The minimum atomic E-state index is -0.557. The lowest BCUT2D eigenvalue weighted by Gasteiger charge is -2.14. The van der Waals surface area contributed by atoms with Crippen LogP contribution < -0.4 is 35.5 Å². The van der Waals surface area contributed by atoms with Crippen LogP contribution in [0.1, 0.15) is 441 Å². The summed E-state index contributed by atoms with van der Waals surface area (Å²) in [4.78, 5) is 88.4. The average molecular weight is 1730 g/mol. The number of carbonyl (C=O) groups excluding carboxylic acids is 6. The largest absolute Gasteiger partial charge is 0.494 e. The number of pyridine rings is 2. The van der Waals surface area contributed by atoms with E-state index in [2.05, 4.69) is 92.9 Å². The summed E-state index contributed by atoms with van der Waals surface area (Å²) >= 11 is 0. The first-order valence-corrected chi connectivity index (χ1v) is 49.6. The van der Waals surface area contributed by atoms with Gasteiger partial charge in [0.05, 0.1) is 50.4 Å². The number of aromatic nitrogens is 5. The summed E-state index contributed by atoms with van der Waals surface area (Å²) in [6.07, 6.45) is 62.5. The lowest BCUT2D eigenvalue weighted by atomic mass is 10.0. The summed E-state index contributed by atoms with van der Waals surface area (Å²) in [5.41, 5.74) is 2.86. The molecule has 0 radical (unpaired) electrons. The molecule has 20 heteroatoms. The van der Waals surface area contributed by atoms with Crippen molar-refractivity contribution in [2.45, 2.75) is 394 Å². The van der Waals surface area contributed by atoms with Crippen molar-refractivity contribution >= 4 is 58.8 Å². The van der Waals surface area contributed by atoms with Crippen LogP contribution in [0.5, 0.6) is 17.2 Å². The molecular weight excluding hydrogens is 1580 g/mol. The molecule has 3 aromatic heterocycles. The van der Waals surface area contributed by atoms with Gasteiger partial charge >= 0.3 is 11.9 Å². The fraction of sp³-hybridized carbons (Fsp3) is 0.623. The summed E-state index contributed by atoms with van der Waals surface area (Å²) in [7, 11) is 0. The minimum absolute atomic E-state index is 0.127. The van der Waals surface area contributed by atoms with E-state index in [1.807, 2.05) is 36.4 Å². The van der Waals surface area contributed by atoms with Crippen molar-refractivity contribution in [1.29, 1.82) is 0 Å². The smallest absolute Gasteiger partial charge is 0.360 e. The average Bonchev–Trinajstić information content (AvgIpc) is 0.944. The molecule has 0 atom stereocenters. The zero-order chi connectivity index (χ0) is 89.6. The van der Waals surface area contributed by atoms with Crippen LogP contribution >= 0.6 is 0 Å². The molecule has 6 rings (SSSR count). The van der Waals surface area contributed by atoms with Gasteiger partial charge in [0.1, 0.15) is 40.5 Å². The minimum Gasteiger partial charge on any atom is -0.494 e. The van der Waals surface area contributed by atoms with Crippen LogP contribution in [0.3, 0.4) is 0 Å². The molecule has 0 saturated heterocycles. The predicted molar refractivity (Wildman–Crippen MR) is 513 cm³/mol. The number of unbranched alkanes of at least 4 members (excludes halogenated alkanes) is 47. The van der Waals surface area contributed by atoms with Gasteiger partial charge in [0.2, 0.25) is 11.8 Å². The highest BCUT2D eigenvalue weighted by molar-refractivity contribution is 6.09. The Labute approximate surface area is 757 Å². The molecular formula is C106H157N9O11. The van der Waals surface area contributed by atoms with Crippen molar-refractivity contribution < 1.29 is 52.5 Å². The molecule has 0 spiro atoms. The van der Waals surface area contributed by atoms with Crippen molar-refractivity contribution in [1.82, 2.24) is 25.0 Å². The lowest BCUT2D eigenvalue weighted by molar-refractivity contribution is -0.141. The van der Waals surface area contributed by atoms with Gasteiger partial charge in [-0.15, -0.1) is 5.10 Å². The normalized spacial score (nSPS) is 11.0. The van der Waals surface area contributed by atoms with Gasteiger partial charge in [-0.1, -0.05) is 358 Å². The zero-order valence-corrected chi connectivity index (χ0v) is 78.1. The number of anilines is 4. The van der Waals surface area contributed by atoms with Gasteiger partial charge in [0.15, 0.2) is 5.69 Å². The fourth-order valence-electron chi connectivity index (χ4n) is 15.2. The second-order valence-electron chi connectivity index (χ2n) is 34.2. The van der Waals surface area contributed by atoms with Gasteiger partial charge in [0.25, 0.3) is 11.8 Å². The van der Waals surface area contributed by atoms with Crippen molar-refractivity contribution in [3.63, 3.8) is 0 Å². The van der Waals surface area contributed by atoms with Crippen molar-refractivity contribution in [2.75, 3.05) is 54.3 Å². The molecule has 0 saturated carbocycles. The predicted octanol–water partition coefficient (Wildman–Crippen LogP) is 27.3. The van der Waals surface area contributed by atoms with Crippen molar-refractivity contribution in [3.05, 3.63) is 136 Å². The van der Waals surface area contributed by atoms with E-state index in [-0.39, 0.29) is 46.2 Å². The molecule has 3 heterocycles. The Hall–Kier alpha value is -9.56. The summed E-state index contributed by atoms with van der Waals surface area (Å²) in [5.74, 6) is 14.5. The van der Waals surface area contributed by atoms with Gasteiger partial charge in [-0.05, 0) is 118 Å². The Balaban J connectivity index is 1.17. The van der Waals surface area contributed by atoms with E-state index in [1.165, 1.54) is 212 Å². The van der Waals surface area contributed by atoms with Gasteiger partial charge in [0, 0.05) is 60.7 Å². The standard InChI is InChI=1S/C106H157N9O11/c1-6-10-14-18-22-26-32-39-47-56-78-124-96-85-91(72-68-89-81-92(104(119)111-100-63-59-61-98(107-100)109-102(117)65-51-43-36-30-24-20-16-12-8-3)83-93(82-89)105(120)112-101-64-60-62-99(108-101)110-103(118)66-52-44-37-31-25-21-17-13-9-4)97(125-79-57-48-40-33-27-23-19-15-11-7-2)84-90(96)71-67-88-69-73-94(74-70-88)123-77-55-50-42-45-53-75-115-86-95(113-114-115)106(121)126-80-58-49-41-35-29-28-34-38-46-54-76-122-87(5)116/h59-64,69-70,73-74,81-86H,6-58,65-66,75-80H2,1-5H3,(H2,107,109,111,117,119)(H2,108,110,112,118,120). The van der Waals surface area contributed by atoms with Crippen LogP contribution in [0.25, 0.3) is 0 Å². The third-order valence-corrected chi connectivity index (χ3v) is 22.7. The molecule has 4 amide bonds. The summed E-state index contributed by atoms with van der Waals surface area (Å²) in [6, 6.07) is 26.6. The van der Waals surface area contributed by atoms with Crippen molar-refractivity contribution in [2.24, 2.45) is 0 Å². The van der Waals surface area contributed by atoms with Crippen LogP contribution in [-0.4, -0.2) is 93.6 Å². The molecule has 6 aromatic rings. The molecule has 0 fully saturated rings. The first-order valence-electron chi connectivity index (χ1n) is 49.6. The molecule has 3 aromatic carbocycles. The number of nitrogens with one attached hydrogen (secondary N) is 4. The molecule has 0 aliphatic rings. The topological polar surface area (TPSA) is 253 Å². The lowest BCUT2D eigenvalue weighted by Crippen LogP contribution is -2.18. The number of rotatable bonds is 73. The van der Waals surface area contributed by atoms with E-state index in [1.54, 1.807) is 59.4 Å². The fourth-order valence-corrected chi connectivity index (χ4v) is 15.2. The zero-order valence-electron chi connectivity index (χ0n) is 78.1. The highest BCUT2D eigenvalue weighted by Crippen LogP contribution is 2.31. The molecule has 0 bridgehead atoms. The number of carbonyl (C=O) groups is 6. The van der Waals surface area contributed by atoms with Gasteiger partial charge in [-0.25, -0.2) is 14.8 Å². The van der Waals surface area contributed by atoms with Crippen LogP contribution in [0.15, 0.2) is 97.2 Å². The van der Waals surface area contributed by atoms with Crippen LogP contribution in [0.2, 0.25) is 0 Å². The number of hydrogen-bond donors (Lipinski definition) is 4. The Morgan fingerprint density at radius 2 is 0.667 bits per heavy atom. The van der Waals surface area contributed by atoms with E-state index in [9.17, 15) is 28.8 Å². The number of hydrogen-bond acceptors (Lipinski definition) is 15. The first kappa shape index (κ1) is 105. The maximum Gasteiger partial charge on any atom is 0.360 e. The van der Waals surface area contributed by atoms with Gasteiger partial charge in [-0.3, -0.25) is 28.7 Å².